The Bertz CT molecular complexity index is 515. The van der Waals surface area contributed by atoms with Crippen molar-refractivity contribution < 1.29 is 0 Å². The summed E-state index contributed by atoms with van der Waals surface area (Å²) in [7, 11) is 1.65. The van der Waals surface area contributed by atoms with Crippen LogP contribution in [0.5, 0.6) is 0 Å². The number of hydrogen-bond donors (Lipinski definition) is 1. The molecule has 2 aromatic rings. The van der Waals surface area contributed by atoms with E-state index < -0.39 is 0 Å². The van der Waals surface area contributed by atoms with Gasteiger partial charge in [0.1, 0.15) is 0 Å². The number of nitrogens with zero attached hydrogens (tertiary/aromatic N) is 3. The van der Waals surface area contributed by atoms with Crippen molar-refractivity contribution in [3.63, 3.8) is 0 Å². The lowest BCUT2D eigenvalue weighted by molar-refractivity contribution is 0.839. The molecule has 0 bridgehead atoms. The molecule has 66 valence electrons. The van der Waals surface area contributed by atoms with Gasteiger partial charge in [-0.25, -0.2) is 9.97 Å². The Balaban J connectivity index is 2.97. The van der Waals surface area contributed by atoms with Crippen LogP contribution >= 0.6 is 12.6 Å². The highest BCUT2D eigenvalue weighted by Gasteiger charge is 2.02. The van der Waals surface area contributed by atoms with E-state index in [9.17, 15) is 4.79 Å². The van der Waals surface area contributed by atoms with Crippen molar-refractivity contribution in [3.8, 4) is 0 Å². The van der Waals surface area contributed by atoms with Gasteiger partial charge in [-0.2, -0.15) is 0 Å². The Morgan fingerprint density at radius 2 is 2.23 bits per heavy atom. The first kappa shape index (κ1) is 8.25. The molecular formula is C8H7N3OS. The van der Waals surface area contributed by atoms with Crippen molar-refractivity contribution in [3.05, 3.63) is 28.9 Å². The molecule has 0 aromatic carbocycles. The second-order valence-corrected chi connectivity index (χ2v) is 3.24. The lowest BCUT2D eigenvalue weighted by atomic mass is 10.3. The van der Waals surface area contributed by atoms with E-state index in [0.29, 0.717) is 15.9 Å². The minimum Gasteiger partial charge on any atom is -0.302 e. The second-order valence-electron chi connectivity index (χ2n) is 2.73. The van der Waals surface area contributed by atoms with Crippen LogP contribution in [0.25, 0.3) is 11.0 Å². The molecule has 0 amide bonds. The molecule has 2 rings (SSSR count). The summed E-state index contributed by atoms with van der Waals surface area (Å²) in [6, 6.07) is 1.67. The SMILES string of the molecule is Cn1cnc2ncc(S)cc2c1=O. The molecule has 5 heteroatoms. The first-order chi connectivity index (χ1) is 6.18. The molecule has 0 aliphatic rings. The zero-order valence-electron chi connectivity index (χ0n) is 6.93. The maximum atomic E-state index is 11.5. The van der Waals surface area contributed by atoms with Crippen LogP contribution in [0.1, 0.15) is 0 Å². The van der Waals surface area contributed by atoms with Crippen LogP contribution in [0.3, 0.4) is 0 Å². The molecule has 0 aliphatic heterocycles. The Labute approximate surface area is 79.7 Å². The lowest BCUT2D eigenvalue weighted by Gasteiger charge is -1.99. The van der Waals surface area contributed by atoms with Gasteiger partial charge in [0, 0.05) is 18.1 Å². The quantitative estimate of drug-likeness (QED) is 0.624. The molecule has 0 saturated carbocycles. The normalized spacial score (nSPS) is 10.6. The van der Waals surface area contributed by atoms with Crippen LogP contribution < -0.4 is 5.56 Å². The monoisotopic (exact) mass is 193 g/mol. The number of rotatable bonds is 0. The van der Waals surface area contributed by atoms with E-state index in [1.165, 1.54) is 10.9 Å². The van der Waals surface area contributed by atoms with Gasteiger partial charge in [-0.05, 0) is 6.07 Å². The topological polar surface area (TPSA) is 47.8 Å². The van der Waals surface area contributed by atoms with E-state index in [-0.39, 0.29) is 5.56 Å². The molecule has 0 atom stereocenters. The smallest absolute Gasteiger partial charge is 0.262 e. The van der Waals surface area contributed by atoms with Gasteiger partial charge in [-0.1, -0.05) is 0 Å². The maximum Gasteiger partial charge on any atom is 0.262 e. The van der Waals surface area contributed by atoms with Crippen molar-refractivity contribution in [1.82, 2.24) is 14.5 Å². The van der Waals surface area contributed by atoms with Crippen molar-refractivity contribution in [2.45, 2.75) is 4.90 Å². The molecule has 2 heterocycles. The van der Waals surface area contributed by atoms with E-state index in [2.05, 4.69) is 22.6 Å². The minimum atomic E-state index is -0.103. The average molecular weight is 193 g/mol. The Hall–Kier alpha value is -1.36. The minimum absolute atomic E-state index is 0.103. The molecule has 0 radical (unpaired) electrons. The van der Waals surface area contributed by atoms with Crippen LogP contribution in [-0.4, -0.2) is 14.5 Å². The van der Waals surface area contributed by atoms with Crippen LogP contribution in [0.2, 0.25) is 0 Å². The Kier molecular flexibility index (Phi) is 1.81. The number of fused-ring (bicyclic) bond motifs is 1. The fraction of sp³-hybridized carbons (Fsp3) is 0.125. The molecule has 0 N–H and O–H groups in total. The molecule has 4 nitrogen and oxygen atoms in total. The number of aromatic nitrogens is 3. The number of thiol groups is 1. The van der Waals surface area contributed by atoms with Crippen molar-refractivity contribution in [2.24, 2.45) is 7.05 Å². The molecule has 0 saturated heterocycles. The van der Waals surface area contributed by atoms with Gasteiger partial charge in [-0.15, -0.1) is 12.6 Å². The molecule has 2 aromatic heterocycles. The highest BCUT2D eigenvalue weighted by Crippen LogP contribution is 2.08. The van der Waals surface area contributed by atoms with Crippen molar-refractivity contribution in [1.29, 1.82) is 0 Å². The number of hydrogen-bond acceptors (Lipinski definition) is 4. The third kappa shape index (κ3) is 1.31. The van der Waals surface area contributed by atoms with Crippen LogP contribution in [0.4, 0.5) is 0 Å². The van der Waals surface area contributed by atoms with Crippen molar-refractivity contribution in [2.75, 3.05) is 0 Å². The van der Waals surface area contributed by atoms with Gasteiger partial charge in [0.05, 0.1) is 11.7 Å². The fourth-order valence-corrected chi connectivity index (χ4v) is 1.28. The Morgan fingerprint density at radius 3 is 3.00 bits per heavy atom. The first-order valence-electron chi connectivity index (χ1n) is 3.69. The molecule has 0 unspecified atom stereocenters. The second kappa shape index (κ2) is 2.85. The van der Waals surface area contributed by atoms with E-state index in [1.807, 2.05) is 0 Å². The summed E-state index contributed by atoms with van der Waals surface area (Å²) in [5, 5.41) is 0.498. The first-order valence-corrected chi connectivity index (χ1v) is 4.13. The third-order valence-electron chi connectivity index (χ3n) is 1.76. The Morgan fingerprint density at radius 1 is 1.46 bits per heavy atom. The summed E-state index contributed by atoms with van der Waals surface area (Å²) >= 11 is 4.10. The van der Waals surface area contributed by atoms with E-state index >= 15 is 0 Å². The summed E-state index contributed by atoms with van der Waals surface area (Å²) in [4.78, 5) is 20.2. The fourth-order valence-electron chi connectivity index (χ4n) is 1.09. The molecule has 0 aliphatic carbocycles. The zero-order chi connectivity index (χ0) is 9.42. The summed E-state index contributed by atoms with van der Waals surface area (Å²) < 4.78 is 1.41. The van der Waals surface area contributed by atoms with E-state index in [4.69, 9.17) is 0 Å². The molecule has 0 spiro atoms. The number of aryl methyl sites for hydroxylation is 1. The van der Waals surface area contributed by atoms with Gasteiger partial charge in [-0.3, -0.25) is 4.79 Å². The largest absolute Gasteiger partial charge is 0.302 e. The van der Waals surface area contributed by atoms with Gasteiger partial charge >= 0.3 is 0 Å². The molecular weight excluding hydrogens is 186 g/mol. The van der Waals surface area contributed by atoms with Gasteiger partial charge in [0.25, 0.3) is 5.56 Å². The highest BCUT2D eigenvalue weighted by molar-refractivity contribution is 7.80. The average Bonchev–Trinajstić information content (AvgIpc) is 2.12. The van der Waals surface area contributed by atoms with Crippen LogP contribution in [0, 0.1) is 0 Å². The van der Waals surface area contributed by atoms with Gasteiger partial charge in [0.2, 0.25) is 0 Å². The summed E-state index contributed by atoms with van der Waals surface area (Å²) in [5.74, 6) is 0. The van der Waals surface area contributed by atoms with Crippen molar-refractivity contribution >= 4 is 23.7 Å². The third-order valence-corrected chi connectivity index (χ3v) is 2.00. The summed E-state index contributed by atoms with van der Waals surface area (Å²) in [5.41, 5.74) is 0.356. The van der Waals surface area contributed by atoms with Gasteiger partial charge < -0.3 is 4.57 Å². The molecule has 0 fully saturated rings. The lowest BCUT2D eigenvalue weighted by Crippen LogP contribution is -2.17. The summed E-state index contributed by atoms with van der Waals surface area (Å²) in [6.45, 7) is 0. The van der Waals surface area contributed by atoms with Gasteiger partial charge in [0.15, 0.2) is 5.65 Å². The van der Waals surface area contributed by atoms with E-state index in [1.54, 1.807) is 19.3 Å². The van der Waals surface area contributed by atoms with Crippen LogP contribution in [0.15, 0.2) is 28.3 Å². The zero-order valence-corrected chi connectivity index (χ0v) is 7.82. The predicted molar refractivity (Wildman–Crippen MR) is 52.0 cm³/mol. The summed E-state index contributed by atoms with van der Waals surface area (Å²) in [6.07, 6.45) is 3.02. The maximum absolute atomic E-state index is 11.5. The number of pyridine rings is 1. The standard InChI is InChI=1S/C8H7N3OS/c1-11-4-10-7-6(8(11)12)2-5(13)3-9-7/h2-4,13H,1H3. The predicted octanol–water partition coefficient (Wildman–Crippen LogP) is 0.617. The highest BCUT2D eigenvalue weighted by atomic mass is 32.1. The molecule has 13 heavy (non-hydrogen) atoms. The van der Waals surface area contributed by atoms with Crippen LogP contribution in [-0.2, 0) is 7.05 Å². The van der Waals surface area contributed by atoms with E-state index in [0.717, 1.165) is 0 Å².